The van der Waals surface area contributed by atoms with Crippen molar-refractivity contribution in [1.29, 1.82) is 0 Å². The number of ether oxygens (including phenoxy) is 1. The molecule has 0 fully saturated rings. The second kappa shape index (κ2) is 11.9. The molecule has 0 saturated carbocycles. The van der Waals surface area contributed by atoms with Gasteiger partial charge in [0.15, 0.2) is 6.61 Å². The predicted molar refractivity (Wildman–Crippen MR) is 132 cm³/mol. The summed E-state index contributed by atoms with van der Waals surface area (Å²) in [6, 6.07) is 8.02. The van der Waals surface area contributed by atoms with E-state index < -0.39 is 23.6 Å². The highest BCUT2D eigenvalue weighted by atomic mass is 32.2. The minimum Gasteiger partial charge on any atom is -0.484 e. The van der Waals surface area contributed by atoms with Gasteiger partial charge in [-0.1, -0.05) is 38.8 Å². The first-order chi connectivity index (χ1) is 17.1. The lowest BCUT2D eigenvalue weighted by atomic mass is 9.99. The van der Waals surface area contributed by atoms with Gasteiger partial charge in [-0.3, -0.25) is 9.19 Å². The van der Waals surface area contributed by atoms with Crippen molar-refractivity contribution in [1.82, 2.24) is 19.4 Å². The molecule has 0 radical (unpaired) electrons. The molecule has 3 aromatic rings. The Morgan fingerprint density at radius 3 is 2.56 bits per heavy atom. The summed E-state index contributed by atoms with van der Waals surface area (Å²) in [6.45, 7) is 4.92. The molecule has 11 heteroatoms. The predicted octanol–water partition coefficient (Wildman–Crippen LogP) is 5.71. The molecule has 0 N–H and O–H groups in total. The maximum atomic E-state index is 13.5. The normalized spacial score (nSPS) is 12.8. The molecular weight excluding hydrogens is 493 g/mol. The van der Waals surface area contributed by atoms with E-state index in [-0.39, 0.29) is 22.7 Å². The molecular formula is C25H31F3N4O3S. The number of para-hydroxylation sites is 2. The quantitative estimate of drug-likeness (QED) is 0.339. The zero-order valence-electron chi connectivity index (χ0n) is 20.8. The lowest BCUT2D eigenvalue weighted by Crippen LogP contribution is -2.34. The van der Waals surface area contributed by atoms with Crippen molar-refractivity contribution in [2.45, 2.75) is 57.1 Å². The first-order valence-electron chi connectivity index (χ1n) is 11.8. The van der Waals surface area contributed by atoms with Crippen molar-refractivity contribution < 1.29 is 26.9 Å². The summed E-state index contributed by atoms with van der Waals surface area (Å²) in [5, 5.41) is 0.0680. The summed E-state index contributed by atoms with van der Waals surface area (Å²) in [5.74, 6) is 0.387. The fourth-order valence-corrected chi connectivity index (χ4v) is 5.14. The Kier molecular flexibility index (Phi) is 9.10. The van der Waals surface area contributed by atoms with Crippen LogP contribution in [0.25, 0.3) is 11.0 Å². The van der Waals surface area contributed by atoms with Gasteiger partial charge in [-0.25, -0.2) is 14.3 Å². The second-order valence-corrected chi connectivity index (χ2v) is 10.0. The number of pyridine rings is 1. The number of carbonyl (C=O) groups is 1. The molecule has 7 nitrogen and oxygen atoms in total. The first-order valence-corrected chi connectivity index (χ1v) is 13.1. The fraction of sp³-hybridized carbons (Fsp3) is 0.480. The average Bonchev–Trinajstić information content (AvgIpc) is 3.23. The van der Waals surface area contributed by atoms with Crippen molar-refractivity contribution in [3.05, 3.63) is 47.8 Å². The third kappa shape index (κ3) is 6.63. The van der Waals surface area contributed by atoms with Gasteiger partial charge in [0, 0.05) is 25.4 Å². The molecule has 2 aromatic heterocycles. The molecule has 0 saturated heterocycles. The van der Waals surface area contributed by atoms with Gasteiger partial charge in [-0.2, -0.15) is 13.2 Å². The van der Waals surface area contributed by atoms with Crippen LogP contribution in [0.2, 0.25) is 0 Å². The van der Waals surface area contributed by atoms with E-state index in [2.05, 4.69) is 23.8 Å². The molecule has 0 aliphatic rings. The van der Waals surface area contributed by atoms with Crippen LogP contribution in [0.1, 0.15) is 44.4 Å². The topological polar surface area (TPSA) is 77.3 Å². The Balaban J connectivity index is 1.89. The number of aromatic nitrogens is 3. The molecule has 0 spiro atoms. The largest absolute Gasteiger partial charge is 0.484 e. The number of imidazole rings is 1. The summed E-state index contributed by atoms with van der Waals surface area (Å²) in [5.41, 5.74) is 1.72. The molecule has 1 unspecified atom stereocenters. The van der Waals surface area contributed by atoms with Crippen LogP contribution < -0.4 is 4.74 Å². The van der Waals surface area contributed by atoms with Crippen molar-refractivity contribution in [2.24, 2.45) is 5.92 Å². The summed E-state index contributed by atoms with van der Waals surface area (Å²) in [7, 11) is -0.0994. The zero-order valence-corrected chi connectivity index (χ0v) is 21.7. The lowest BCUT2D eigenvalue weighted by molar-refractivity contribution is -0.153. The molecule has 1 aromatic carbocycles. The van der Waals surface area contributed by atoms with Crippen LogP contribution in [-0.2, 0) is 16.6 Å². The number of nitrogens with zero attached hydrogens (tertiary/aromatic N) is 4. The number of amides is 1. The molecule has 1 amide bonds. The van der Waals surface area contributed by atoms with Gasteiger partial charge in [0.25, 0.3) is 0 Å². The van der Waals surface area contributed by atoms with E-state index in [0.717, 1.165) is 19.3 Å². The van der Waals surface area contributed by atoms with Crippen molar-refractivity contribution in [2.75, 3.05) is 20.2 Å². The van der Waals surface area contributed by atoms with Crippen LogP contribution in [0.4, 0.5) is 18.0 Å². The number of rotatable bonds is 10. The number of carbonyl (C=O) groups excluding carboxylic acids is 1. The van der Waals surface area contributed by atoms with E-state index in [1.165, 1.54) is 16.8 Å². The summed E-state index contributed by atoms with van der Waals surface area (Å²) >= 11 is 0. The minimum atomic E-state index is -4.48. The number of alkyl halides is 3. The Bertz CT molecular complexity index is 1220. The molecule has 0 aliphatic carbocycles. The van der Waals surface area contributed by atoms with E-state index in [1.807, 2.05) is 0 Å². The van der Waals surface area contributed by atoms with Gasteiger partial charge in [0.1, 0.15) is 5.75 Å². The van der Waals surface area contributed by atoms with Crippen LogP contribution in [0.3, 0.4) is 0 Å². The van der Waals surface area contributed by atoms with E-state index >= 15 is 0 Å². The second-order valence-electron chi connectivity index (χ2n) is 8.67. The van der Waals surface area contributed by atoms with Gasteiger partial charge in [-0.15, -0.1) is 0 Å². The number of hydrogen-bond donors (Lipinski definition) is 0. The van der Waals surface area contributed by atoms with E-state index in [1.54, 1.807) is 43.1 Å². The number of fused-ring (bicyclic) bond motifs is 1. The van der Waals surface area contributed by atoms with Crippen molar-refractivity contribution in [3.63, 3.8) is 0 Å². The van der Waals surface area contributed by atoms with Crippen LogP contribution in [-0.4, -0.2) is 56.1 Å². The van der Waals surface area contributed by atoms with Crippen LogP contribution in [0, 0.1) is 12.8 Å². The standard InChI is InChI=1S/C25H31F3N4O3S/c1-5-18(6-2)12-14-31(4)24(33)32-21-10-8-7-9-19(21)30-23(32)36(34)15-20-17(3)22(11-13-29-20)35-16-25(26,27)28/h7-11,13,18H,5-6,12,14-16H2,1-4H3. The van der Waals surface area contributed by atoms with E-state index in [0.29, 0.717) is 34.8 Å². The monoisotopic (exact) mass is 524 g/mol. The van der Waals surface area contributed by atoms with Gasteiger partial charge < -0.3 is 9.64 Å². The molecule has 0 aliphatic heterocycles. The van der Waals surface area contributed by atoms with Crippen LogP contribution in [0.5, 0.6) is 5.75 Å². The third-order valence-corrected chi connectivity index (χ3v) is 7.41. The maximum Gasteiger partial charge on any atom is 0.422 e. The molecule has 0 bridgehead atoms. The molecule has 3 rings (SSSR count). The molecule has 36 heavy (non-hydrogen) atoms. The van der Waals surface area contributed by atoms with Crippen LogP contribution >= 0.6 is 0 Å². The highest BCUT2D eigenvalue weighted by Crippen LogP contribution is 2.26. The van der Waals surface area contributed by atoms with Gasteiger partial charge >= 0.3 is 12.2 Å². The first kappa shape index (κ1) is 27.6. The van der Waals surface area contributed by atoms with E-state index in [4.69, 9.17) is 4.74 Å². The van der Waals surface area contributed by atoms with Gasteiger partial charge in [0.05, 0.1) is 33.3 Å². The van der Waals surface area contributed by atoms with Gasteiger partial charge in [-0.05, 0) is 37.5 Å². The molecule has 2 heterocycles. The average molecular weight is 525 g/mol. The lowest BCUT2D eigenvalue weighted by Gasteiger charge is -2.21. The number of benzene rings is 1. The Morgan fingerprint density at radius 1 is 1.19 bits per heavy atom. The van der Waals surface area contributed by atoms with E-state index in [9.17, 15) is 22.2 Å². The van der Waals surface area contributed by atoms with Crippen molar-refractivity contribution in [3.8, 4) is 5.75 Å². The van der Waals surface area contributed by atoms with Gasteiger partial charge in [0.2, 0.25) is 5.16 Å². The third-order valence-electron chi connectivity index (χ3n) is 6.20. The Labute approximate surface area is 211 Å². The SMILES string of the molecule is CCC(CC)CCN(C)C(=O)n1c(S(=O)Cc2nccc(OCC(F)(F)F)c2C)nc2ccccc21. The zero-order chi connectivity index (χ0) is 26.5. The highest BCUT2D eigenvalue weighted by molar-refractivity contribution is 7.84. The highest BCUT2D eigenvalue weighted by Gasteiger charge is 2.29. The smallest absolute Gasteiger partial charge is 0.422 e. The molecule has 196 valence electrons. The fourth-order valence-electron chi connectivity index (χ4n) is 3.89. The summed E-state index contributed by atoms with van der Waals surface area (Å²) < 4.78 is 57.5. The summed E-state index contributed by atoms with van der Waals surface area (Å²) in [6.07, 6.45) is -0.261. The molecule has 1 atom stereocenters. The minimum absolute atomic E-state index is 0.0139. The Hall–Kier alpha value is -2.95. The number of halogens is 3. The summed E-state index contributed by atoms with van der Waals surface area (Å²) in [4.78, 5) is 23.7. The number of hydrogen-bond acceptors (Lipinski definition) is 5. The maximum absolute atomic E-state index is 13.5. The van der Waals surface area contributed by atoms with Crippen molar-refractivity contribution >= 4 is 27.9 Å². The Morgan fingerprint density at radius 2 is 1.89 bits per heavy atom. The van der Waals surface area contributed by atoms with Crippen LogP contribution in [0.15, 0.2) is 41.7 Å².